The van der Waals surface area contributed by atoms with E-state index in [0.717, 1.165) is 12.3 Å². The van der Waals surface area contributed by atoms with Crippen LogP contribution in [-0.4, -0.2) is 18.6 Å². The van der Waals surface area contributed by atoms with Crippen molar-refractivity contribution in [2.45, 2.75) is 18.9 Å². The van der Waals surface area contributed by atoms with Gasteiger partial charge in [-0.05, 0) is 43.1 Å². The van der Waals surface area contributed by atoms with Crippen LogP contribution in [0.1, 0.15) is 24.4 Å². The fraction of sp³-hybridized carbons (Fsp3) is 0.385. The first-order valence-electron chi connectivity index (χ1n) is 5.77. The Morgan fingerprint density at radius 1 is 1.38 bits per heavy atom. The van der Waals surface area contributed by atoms with Crippen molar-refractivity contribution in [1.29, 1.82) is 0 Å². The van der Waals surface area contributed by atoms with E-state index in [0.29, 0.717) is 6.04 Å². The van der Waals surface area contributed by atoms with Gasteiger partial charge in [0.05, 0.1) is 7.11 Å². The van der Waals surface area contributed by atoms with E-state index in [9.17, 15) is 0 Å². The fourth-order valence-electron chi connectivity index (χ4n) is 2.49. The van der Waals surface area contributed by atoms with Crippen molar-refractivity contribution < 1.29 is 4.74 Å². The van der Waals surface area contributed by atoms with Crippen LogP contribution >= 0.6 is 0 Å². The maximum absolute atomic E-state index is 5.28. The van der Waals surface area contributed by atoms with Crippen molar-refractivity contribution in [3.63, 3.8) is 0 Å². The third kappa shape index (κ3) is 1.48. The number of nitrogens with one attached hydrogen (secondary N) is 2. The predicted molar refractivity (Wildman–Crippen MR) is 64.8 cm³/mol. The predicted octanol–water partition coefficient (Wildman–Crippen LogP) is 2.60. The molecule has 0 aliphatic carbocycles. The standard InChI is InChI=1S/C13H16N2O/c1-16-9-4-5-13-10(7-9)11(8-15-13)12-3-2-6-14-12/h4-5,7-8,12,14-15H,2-3,6H2,1H3/t12-/m0/s1. The molecular weight excluding hydrogens is 200 g/mol. The van der Waals surface area contributed by atoms with Gasteiger partial charge in [0.15, 0.2) is 0 Å². The minimum atomic E-state index is 0.501. The number of hydrogen-bond donors (Lipinski definition) is 2. The molecule has 3 heteroatoms. The molecule has 1 aliphatic rings. The van der Waals surface area contributed by atoms with Crippen LogP contribution in [0.3, 0.4) is 0 Å². The molecular formula is C13H16N2O. The quantitative estimate of drug-likeness (QED) is 0.809. The highest BCUT2D eigenvalue weighted by Gasteiger charge is 2.19. The number of rotatable bonds is 2. The fourth-order valence-corrected chi connectivity index (χ4v) is 2.49. The van der Waals surface area contributed by atoms with E-state index in [1.165, 1.54) is 29.3 Å². The Hall–Kier alpha value is -1.48. The van der Waals surface area contributed by atoms with Gasteiger partial charge in [-0.25, -0.2) is 0 Å². The minimum Gasteiger partial charge on any atom is -0.497 e. The molecule has 2 heterocycles. The first-order valence-corrected chi connectivity index (χ1v) is 5.77. The van der Waals surface area contributed by atoms with Crippen LogP contribution < -0.4 is 10.1 Å². The molecule has 1 aliphatic heterocycles. The highest BCUT2D eigenvalue weighted by atomic mass is 16.5. The molecule has 16 heavy (non-hydrogen) atoms. The number of H-pyrrole nitrogens is 1. The molecule has 1 aromatic heterocycles. The van der Waals surface area contributed by atoms with Gasteiger partial charge in [0.2, 0.25) is 0 Å². The van der Waals surface area contributed by atoms with Gasteiger partial charge < -0.3 is 15.0 Å². The lowest BCUT2D eigenvalue weighted by Gasteiger charge is -2.09. The van der Waals surface area contributed by atoms with Crippen LogP contribution in [0.4, 0.5) is 0 Å². The molecule has 2 N–H and O–H groups in total. The third-order valence-electron chi connectivity index (χ3n) is 3.36. The summed E-state index contributed by atoms with van der Waals surface area (Å²) < 4.78 is 5.28. The zero-order valence-electron chi connectivity index (χ0n) is 9.42. The van der Waals surface area contributed by atoms with Crippen LogP contribution in [0.2, 0.25) is 0 Å². The van der Waals surface area contributed by atoms with Gasteiger partial charge >= 0.3 is 0 Å². The van der Waals surface area contributed by atoms with E-state index in [1.807, 2.05) is 6.07 Å². The average molecular weight is 216 g/mol. The Labute approximate surface area is 94.8 Å². The number of aromatic amines is 1. The molecule has 0 unspecified atom stereocenters. The van der Waals surface area contributed by atoms with Gasteiger partial charge in [-0.15, -0.1) is 0 Å². The summed E-state index contributed by atoms with van der Waals surface area (Å²) in [5, 5.41) is 4.80. The van der Waals surface area contributed by atoms with Crippen molar-refractivity contribution in [3.05, 3.63) is 30.0 Å². The average Bonchev–Trinajstić information content (AvgIpc) is 2.96. The van der Waals surface area contributed by atoms with E-state index >= 15 is 0 Å². The Morgan fingerprint density at radius 2 is 2.31 bits per heavy atom. The van der Waals surface area contributed by atoms with E-state index in [4.69, 9.17) is 4.74 Å². The smallest absolute Gasteiger partial charge is 0.119 e. The van der Waals surface area contributed by atoms with Gasteiger partial charge in [0, 0.05) is 23.1 Å². The molecule has 1 saturated heterocycles. The SMILES string of the molecule is COc1ccc2[nH]cc([C@@H]3CCCN3)c2c1. The van der Waals surface area contributed by atoms with Gasteiger partial charge in [-0.1, -0.05) is 0 Å². The third-order valence-corrected chi connectivity index (χ3v) is 3.36. The number of aromatic nitrogens is 1. The highest BCUT2D eigenvalue weighted by Crippen LogP contribution is 2.31. The molecule has 3 rings (SSSR count). The summed E-state index contributed by atoms with van der Waals surface area (Å²) in [6.45, 7) is 1.13. The lowest BCUT2D eigenvalue weighted by molar-refractivity contribution is 0.415. The van der Waals surface area contributed by atoms with E-state index < -0.39 is 0 Å². The molecule has 3 nitrogen and oxygen atoms in total. The number of ether oxygens (including phenoxy) is 1. The number of hydrogen-bond acceptors (Lipinski definition) is 2. The normalized spacial score (nSPS) is 20.4. The number of fused-ring (bicyclic) bond motifs is 1. The van der Waals surface area contributed by atoms with Crippen LogP contribution in [0.15, 0.2) is 24.4 Å². The largest absolute Gasteiger partial charge is 0.497 e. The molecule has 0 radical (unpaired) electrons. The number of benzene rings is 1. The van der Waals surface area contributed by atoms with Gasteiger partial charge in [0.1, 0.15) is 5.75 Å². The Balaban J connectivity index is 2.09. The van der Waals surface area contributed by atoms with Crippen molar-refractivity contribution in [2.24, 2.45) is 0 Å². The Bertz CT molecular complexity index is 498. The van der Waals surface area contributed by atoms with Crippen molar-refractivity contribution in [3.8, 4) is 5.75 Å². The second kappa shape index (κ2) is 3.83. The van der Waals surface area contributed by atoms with Crippen LogP contribution in [-0.2, 0) is 0 Å². The van der Waals surface area contributed by atoms with Gasteiger partial charge in [-0.2, -0.15) is 0 Å². The molecule has 1 fully saturated rings. The van der Waals surface area contributed by atoms with E-state index in [-0.39, 0.29) is 0 Å². The van der Waals surface area contributed by atoms with Crippen LogP contribution in [0.5, 0.6) is 5.75 Å². The zero-order valence-corrected chi connectivity index (χ0v) is 9.42. The summed E-state index contributed by atoms with van der Waals surface area (Å²) in [5.41, 5.74) is 2.55. The molecule has 0 bridgehead atoms. The molecule has 0 spiro atoms. The summed E-state index contributed by atoms with van der Waals surface area (Å²) >= 11 is 0. The zero-order chi connectivity index (χ0) is 11.0. The number of methoxy groups -OCH3 is 1. The summed E-state index contributed by atoms with van der Waals surface area (Å²) in [6, 6.07) is 6.68. The van der Waals surface area contributed by atoms with Crippen LogP contribution in [0, 0.1) is 0 Å². The summed E-state index contributed by atoms with van der Waals surface area (Å²) in [5.74, 6) is 0.923. The van der Waals surface area contributed by atoms with Crippen LogP contribution in [0.25, 0.3) is 10.9 Å². The first kappa shape index (κ1) is 9.73. The maximum Gasteiger partial charge on any atom is 0.119 e. The Morgan fingerprint density at radius 3 is 3.06 bits per heavy atom. The topological polar surface area (TPSA) is 37.0 Å². The Kier molecular flexibility index (Phi) is 2.33. The maximum atomic E-state index is 5.28. The minimum absolute atomic E-state index is 0.501. The molecule has 1 aromatic carbocycles. The van der Waals surface area contributed by atoms with Crippen molar-refractivity contribution in [1.82, 2.24) is 10.3 Å². The first-order chi connectivity index (χ1) is 7.88. The molecule has 0 amide bonds. The summed E-state index contributed by atoms with van der Waals surface area (Å²) in [7, 11) is 1.71. The lowest BCUT2D eigenvalue weighted by atomic mass is 10.0. The second-order valence-electron chi connectivity index (χ2n) is 4.30. The van der Waals surface area contributed by atoms with E-state index in [1.54, 1.807) is 7.11 Å². The van der Waals surface area contributed by atoms with E-state index in [2.05, 4.69) is 28.6 Å². The second-order valence-corrected chi connectivity index (χ2v) is 4.30. The monoisotopic (exact) mass is 216 g/mol. The molecule has 84 valence electrons. The van der Waals surface area contributed by atoms with Gasteiger partial charge in [0.25, 0.3) is 0 Å². The molecule has 1 atom stereocenters. The summed E-state index contributed by atoms with van der Waals surface area (Å²) in [6.07, 6.45) is 4.61. The molecule has 2 aromatic rings. The van der Waals surface area contributed by atoms with Crippen molar-refractivity contribution in [2.75, 3.05) is 13.7 Å². The molecule has 0 saturated carbocycles. The highest BCUT2D eigenvalue weighted by molar-refractivity contribution is 5.85. The summed E-state index contributed by atoms with van der Waals surface area (Å²) in [4.78, 5) is 3.32. The lowest BCUT2D eigenvalue weighted by Crippen LogP contribution is -2.12. The van der Waals surface area contributed by atoms with Gasteiger partial charge in [-0.3, -0.25) is 0 Å². The van der Waals surface area contributed by atoms with Crippen molar-refractivity contribution >= 4 is 10.9 Å².